The molecular formula is C12H13NO3. The number of carboxylic acids is 1. The number of aliphatic carboxylic acids is 1. The molecule has 1 aromatic carbocycles. The first kappa shape index (κ1) is 12.1. The van der Waals surface area contributed by atoms with Crippen LogP contribution in [0, 0.1) is 17.2 Å². The zero-order chi connectivity index (χ0) is 12.0. The van der Waals surface area contributed by atoms with E-state index >= 15 is 0 Å². The Labute approximate surface area is 94.1 Å². The summed E-state index contributed by atoms with van der Waals surface area (Å²) >= 11 is 0. The smallest absolute Gasteiger partial charge is 0.306 e. The van der Waals surface area contributed by atoms with Gasteiger partial charge >= 0.3 is 5.97 Å². The van der Waals surface area contributed by atoms with Gasteiger partial charge in [-0.15, -0.1) is 0 Å². The molecule has 0 radical (unpaired) electrons. The van der Waals surface area contributed by atoms with E-state index in [0.29, 0.717) is 5.56 Å². The van der Waals surface area contributed by atoms with Crippen LogP contribution in [0.1, 0.15) is 18.4 Å². The largest absolute Gasteiger partial charge is 0.497 e. The summed E-state index contributed by atoms with van der Waals surface area (Å²) in [5.74, 6) is 0.166. The van der Waals surface area contributed by atoms with Crippen LogP contribution in [0.15, 0.2) is 24.3 Å². The van der Waals surface area contributed by atoms with Crippen molar-refractivity contribution in [3.63, 3.8) is 0 Å². The van der Waals surface area contributed by atoms with Gasteiger partial charge in [-0.25, -0.2) is 0 Å². The van der Waals surface area contributed by atoms with E-state index < -0.39 is 5.97 Å². The van der Waals surface area contributed by atoms with Gasteiger partial charge in [-0.2, -0.15) is 5.26 Å². The minimum Gasteiger partial charge on any atom is -0.497 e. The number of rotatable bonds is 2. The van der Waals surface area contributed by atoms with E-state index in [4.69, 9.17) is 15.1 Å². The summed E-state index contributed by atoms with van der Waals surface area (Å²) in [4.78, 5) is 9.76. The van der Waals surface area contributed by atoms with Crippen molar-refractivity contribution >= 4 is 5.97 Å². The highest BCUT2D eigenvalue weighted by molar-refractivity contribution is 5.72. The van der Waals surface area contributed by atoms with Crippen LogP contribution in [-0.4, -0.2) is 18.2 Å². The third-order valence-corrected chi connectivity index (χ3v) is 2.15. The normalized spacial score (nSPS) is 13.0. The van der Waals surface area contributed by atoms with Crippen molar-refractivity contribution in [2.45, 2.75) is 12.8 Å². The maximum atomic E-state index is 9.76. The van der Waals surface area contributed by atoms with Crippen molar-refractivity contribution in [2.24, 2.45) is 5.92 Å². The topological polar surface area (TPSA) is 70.3 Å². The summed E-state index contributed by atoms with van der Waals surface area (Å²) in [6, 6.07) is 8.99. The number of methoxy groups -OCH3 is 1. The van der Waals surface area contributed by atoms with Gasteiger partial charge in [-0.05, 0) is 37.1 Å². The molecule has 1 aliphatic carbocycles. The monoisotopic (exact) mass is 219 g/mol. The van der Waals surface area contributed by atoms with Crippen molar-refractivity contribution in [1.29, 1.82) is 5.26 Å². The maximum Gasteiger partial charge on any atom is 0.306 e. The first-order chi connectivity index (χ1) is 7.67. The number of nitriles is 1. The van der Waals surface area contributed by atoms with Crippen LogP contribution in [0.3, 0.4) is 0 Å². The van der Waals surface area contributed by atoms with Gasteiger partial charge in [0.15, 0.2) is 0 Å². The lowest BCUT2D eigenvalue weighted by Gasteiger charge is -1.96. The standard InChI is InChI=1S/C8H7NO.C4H6O2/c1-10-8-4-2-7(6-9)3-5-8;5-4(6)3-1-2-3/h2-5H,1H3;3H,1-2H2,(H,5,6). The zero-order valence-electron chi connectivity index (χ0n) is 9.01. The van der Waals surface area contributed by atoms with Crippen LogP contribution in [0.25, 0.3) is 0 Å². The molecule has 4 heteroatoms. The molecule has 2 rings (SSSR count). The van der Waals surface area contributed by atoms with Crippen LogP contribution >= 0.6 is 0 Å². The lowest BCUT2D eigenvalue weighted by molar-refractivity contribution is -0.138. The molecule has 84 valence electrons. The molecule has 0 heterocycles. The molecule has 0 spiro atoms. The summed E-state index contributed by atoms with van der Waals surface area (Å²) in [5, 5.41) is 16.5. The number of carbonyl (C=O) groups is 1. The lowest BCUT2D eigenvalue weighted by Crippen LogP contribution is -1.94. The Morgan fingerprint density at radius 1 is 1.44 bits per heavy atom. The van der Waals surface area contributed by atoms with Gasteiger partial charge in [-0.1, -0.05) is 0 Å². The van der Waals surface area contributed by atoms with E-state index in [1.165, 1.54) is 0 Å². The van der Waals surface area contributed by atoms with E-state index in [2.05, 4.69) is 0 Å². The highest BCUT2D eigenvalue weighted by atomic mass is 16.5. The first-order valence-electron chi connectivity index (χ1n) is 4.94. The lowest BCUT2D eigenvalue weighted by atomic mass is 10.2. The zero-order valence-corrected chi connectivity index (χ0v) is 9.01. The number of benzene rings is 1. The Balaban J connectivity index is 0.000000181. The summed E-state index contributed by atoms with van der Waals surface area (Å²) in [6.45, 7) is 0. The average Bonchev–Trinajstić information content (AvgIpc) is 3.14. The van der Waals surface area contributed by atoms with E-state index in [9.17, 15) is 4.79 Å². The SMILES string of the molecule is COc1ccc(C#N)cc1.O=C(O)C1CC1. The van der Waals surface area contributed by atoms with Gasteiger partial charge in [0.2, 0.25) is 0 Å². The predicted molar refractivity (Wildman–Crippen MR) is 58.1 cm³/mol. The summed E-state index contributed by atoms with van der Waals surface area (Å²) in [6.07, 6.45) is 1.80. The fraction of sp³-hybridized carbons (Fsp3) is 0.333. The Bertz CT molecular complexity index is 388. The molecule has 1 N–H and O–H groups in total. The van der Waals surface area contributed by atoms with Gasteiger partial charge in [0.1, 0.15) is 5.75 Å². The Morgan fingerprint density at radius 2 is 2.00 bits per heavy atom. The number of nitrogens with zero attached hydrogens (tertiary/aromatic N) is 1. The quantitative estimate of drug-likeness (QED) is 0.826. The molecule has 1 fully saturated rings. The summed E-state index contributed by atoms with van der Waals surface area (Å²) in [5.41, 5.74) is 0.654. The van der Waals surface area contributed by atoms with Gasteiger partial charge in [0, 0.05) is 0 Å². The molecule has 0 aromatic heterocycles. The minimum atomic E-state index is -0.630. The Hall–Kier alpha value is -2.02. The van der Waals surface area contributed by atoms with Gasteiger partial charge in [-0.3, -0.25) is 4.79 Å². The number of carboxylic acid groups (broad SMARTS) is 1. The molecule has 1 aliphatic rings. The molecule has 1 saturated carbocycles. The summed E-state index contributed by atoms with van der Waals surface area (Å²) in [7, 11) is 1.60. The van der Waals surface area contributed by atoms with E-state index in [1.807, 2.05) is 6.07 Å². The summed E-state index contributed by atoms with van der Waals surface area (Å²) < 4.78 is 4.90. The highest BCUT2D eigenvalue weighted by Gasteiger charge is 2.28. The Morgan fingerprint density at radius 3 is 2.25 bits per heavy atom. The third kappa shape index (κ3) is 4.01. The molecule has 16 heavy (non-hydrogen) atoms. The van der Waals surface area contributed by atoms with Crippen molar-refractivity contribution in [3.8, 4) is 11.8 Å². The molecule has 0 bridgehead atoms. The van der Waals surface area contributed by atoms with Crippen LogP contribution in [0.5, 0.6) is 5.75 Å². The van der Waals surface area contributed by atoms with Gasteiger partial charge < -0.3 is 9.84 Å². The Kier molecular flexibility index (Phi) is 4.34. The second-order valence-corrected chi connectivity index (χ2v) is 3.45. The van der Waals surface area contributed by atoms with E-state index in [1.54, 1.807) is 31.4 Å². The number of hydrogen-bond acceptors (Lipinski definition) is 3. The molecule has 4 nitrogen and oxygen atoms in total. The van der Waals surface area contributed by atoms with Gasteiger partial charge in [0.25, 0.3) is 0 Å². The molecule has 0 saturated heterocycles. The second kappa shape index (κ2) is 5.76. The molecule has 0 amide bonds. The molecule has 1 aromatic rings. The van der Waals surface area contributed by atoms with Gasteiger partial charge in [0.05, 0.1) is 24.7 Å². The van der Waals surface area contributed by atoms with Crippen molar-refractivity contribution < 1.29 is 14.6 Å². The fourth-order valence-electron chi connectivity index (χ4n) is 0.996. The fourth-order valence-corrected chi connectivity index (χ4v) is 0.996. The number of hydrogen-bond donors (Lipinski definition) is 1. The van der Waals surface area contributed by atoms with Crippen LogP contribution in [0.2, 0.25) is 0 Å². The minimum absolute atomic E-state index is 0.0185. The van der Waals surface area contributed by atoms with Crippen molar-refractivity contribution in [3.05, 3.63) is 29.8 Å². The number of ether oxygens (including phenoxy) is 1. The molecule has 0 atom stereocenters. The van der Waals surface area contributed by atoms with Crippen LogP contribution in [0.4, 0.5) is 0 Å². The second-order valence-electron chi connectivity index (χ2n) is 3.45. The van der Waals surface area contributed by atoms with Crippen LogP contribution < -0.4 is 4.74 Å². The van der Waals surface area contributed by atoms with Crippen molar-refractivity contribution in [1.82, 2.24) is 0 Å². The highest BCUT2D eigenvalue weighted by Crippen LogP contribution is 2.28. The average molecular weight is 219 g/mol. The molecular weight excluding hydrogens is 206 g/mol. The van der Waals surface area contributed by atoms with E-state index in [-0.39, 0.29) is 5.92 Å². The van der Waals surface area contributed by atoms with Crippen LogP contribution in [-0.2, 0) is 4.79 Å². The molecule has 0 unspecified atom stereocenters. The molecule has 0 aliphatic heterocycles. The van der Waals surface area contributed by atoms with E-state index in [0.717, 1.165) is 18.6 Å². The third-order valence-electron chi connectivity index (χ3n) is 2.15. The first-order valence-corrected chi connectivity index (χ1v) is 4.94. The maximum absolute atomic E-state index is 9.76. The predicted octanol–water partition coefficient (Wildman–Crippen LogP) is 2.05. The van der Waals surface area contributed by atoms with Crippen molar-refractivity contribution in [2.75, 3.05) is 7.11 Å².